The average molecular weight is 317 g/mol. The van der Waals surface area contributed by atoms with Crippen LogP contribution < -0.4 is 0 Å². The number of benzene rings is 1. The Bertz CT molecular complexity index is 485. The molecule has 0 fully saturated rings. The zero-order valence-electron chi connectivity index (χ0n) is 8.14. The van der Waals surface area contributed by atoms with Gasteiger partial charge in [-0.05, 0) is 56.0 Å². The van der Waals surface area contributed by atoms with Gasteiger partial charge in [0.15, 0.2) is 0 Å². The highest BCUT2D eigenvalue weighted by Gasteiger charge is 2.10. The topological polar surface area (TPSA) is 4.93 Å². The molecule has 0 amide bonds. The lowest BCUT2D eigenvalue weighted by Gasteiger charge is -2.06. The molecule has 0 aliphatic rings. The zero-order chi connectivity index (χ0) is 10.3. The molecule has 0 radical (unpaired) electrons. The van der Waals surface area contributed by atoms with Crippen LogP contribution in [0.2, 0.25) is 0 Å². The maximum Gasteiger partial charge on any atom is 0.0636 e. The van der Waals surface area contributed by atoms with E-state index in [0.717, 1.165) is 15.4 Å². The van der Waals surface area contributed by atoms with Gasteiger partial charge in [-0.2, -0.15) is 0 Å². The van der Waals surface area contributed by atoms with Crippen molar-refractivity contribution in [2.24, 2.45) is 7.05 Å². The molecule has 0 aliphatic heterocycles. The van der Waals surface area contributed by atoms with Crippen molar-refractivity contribution < 1.29 is 0 Å². The molecule has 74 valence electrons. The van der Waals surface area contributed by atoms with Gasteiger partial charge in [0, 0.05) is 23.1 Å². The van der Waals surface area contributed by atoms with E-state index in [1.165, 1.54) is 16.5 Å². The predicted octanol–water partition coefficient (Wildman–Crippen LogP) is 4.27. The molecule has 1 aromatic heterocycles. The van der Waals surface area contributed by atoms with Crippen LogP contribution in [0.4, 0.5) is 0 Å². The van der Waals surface area contributed by atoms with E-state index in [1.807, 2.05) is 0 Å². The maximum absolute atomic E-state index is 3.61. The molecule has 0 spiro atoms. The molecule has 1 nitrogen and oxygen atoms in total. The van der Waals surface area contributed by atoms with Gasteiger partial charge >= 0.3 is 0 Å². The van der Waals surface area contributed by atoms with Gasteiger partial charge in [0.25, 0.3) is 0 Å². The van der Waals surface area contributed by atoms with E-state index in [4.69, 9.17) is 0 Å². The second-order valence-corrected chi connectivity index (χ2v) is 5.02. The fourth-order valence-electron chi connectivity index (χ4n) is 1.76. The minimum atomic E-state index is 1.06. The van der Waals surface area contributed by atoms with Crippen molar-refractivity contribution in [2.75, 3.05) is 0 Å². The van der Waals surface area contributed by atoms with Crippen molar-refractivity contribution in [3.8, 4) is 0 Å². The van der Waals surface area contributed by atoms with E-state index < -0.39 is 0 Å². The number of hydrogen-bond donors (Lipinski definition) is 0. The van der Waals surface area contributed by atoms with Crippen LogP contribution in [0.15, 0.2) is 27.3 Å². The van der Waals surface area contributed by atoms with Crippen LogP contribution in [0, 0.1) is 0 Å². The SMILES string of the molecule is CCc1cc(Br)c(Br)c2c1ccn2C. The Labute approximate surface area is 100 Å². The van der Waals surface area contributed by atoms with Crippen molar-refractivity contribution in [3.63, 3.8) is 0 Å². The van der Waals surface area contributed by atoms with Gasteiger partial charge in [0.1, 0.15) is 0 Å². The largest absolute Gasteiger partial charge is 0.350 e. The quantitative estimate of drug-likeness (QED) is 0.740. The monoisotopic (exact) mass is 315 g/mol. The number of rotatable bonds is 1. The lowest BCUT2D eigenvalue weighted by Crippen LogP contribution is -1.89. The molecule has 1 aromatic carbocycles. The van der Waals surface area contributed by atoms with Crippen LogP contribution in [-0.2, 0) is 13.5 Å². The third-order valence-corrected chi connectivity index (χ3v) is 4.48. The van der Waals surface area contributed by atoms with Gasteiger partial charge in [-0.3, -0.25) is 0 Å². The summed E-state index contributed by atoms with van der Waals surface area (Å²) in [5, 5.41) is 1.34. The molecule has 0 atom stereocenters. The summed E-state index contributed by atoms with van der Waals surface area (Å²) >= 11 is 7.17. The molecule has 0 saturated heterocycles. The summed E-state index contributed by atoms with van der Waals surface area (Å²) in [6, 6.07) is 4.36. The van der Waals surface area contributed by atoms with Crippen molar-refractivity contribution in [1.82, 2.24) is 4.57 Å². The third-order valence-electron chi connectivity index (χ3n) is 2.52. The summed E-state index contributed by atoms with van der Waals surface area (Å²) in [7, 11) is 2.07. The summed E-state index contributed by atoms with van der Waals surface area (Å²) in [6.45, 7) is 2.18. The minimum Gasteiger partial charge on any atom is -0.350 e. The summed E-state index contributed by atoms with van der Waals surface area (Å²) in [4.78, 5) is 0. The zero-order valence-corrected chi connectivity index (χ0v) is 11.3. The number of halogens is 2. The lowest BCUT2D eigenvalue weighted by atomic mass is 10.1. The fourth-order valence-corrected chi connectivity index (χ4v) is 2.83. The maximum atomic E-state index is 3.61. The Hall–Kier alpha value is -0.280. The Morgan fingerprint density at radius 3 is 2.71 bits per heavy atom. The normalized spacial score (nSPS) is 11.1. The summed E-state index contributed by atoms with van der Waals surface area (Å²) in [6.07, 6.45) is 3.16. The van der Waals surface area contributed by atoms with E-state index in [1.54, 1.807) is 0 Å². The highest BCUT2D eigenvalue weighted by Crippen LogP contribution is 2.34. The van der Waals surface area contributed by atoms with Gasteiger partial charge in [-0.15, -0.1) is 0 Å². The van der Waals surface area contributed by atoms with Crippen LogP contribution in [0.5, 0.6) is 0 Å². The number of nitrogens with zero attached hydrogens (tertiary/aromatic N) is 1. The van der Waals surface area contributed by atoms with Crippen molar-refractivity contribution >= 4 is 42.8 Å². The molecule has 0 aliphatic carbocycles. The lowest BCUT2D eigenvalue weighted by molar-refractivity contribution is 0.965. The molecule has 14 heavy (non-hydrogen) atoms. The van der Waals surface area contributed by atoms with Crippen molar-refractivity contribution in [1.29, 1.82) is 0 Å². The number of aromatic nitrogens is 1. The molecule has 0 unspecified atom stereocenters. The van der Waals surface area contributed by atoms with Gasteiger partial charge in [-0.25, -0.2) is 0 Å². The molecule has 0 N–H and O–H groups in total. The molecular weight excluding hydrogens is 306 g/mol. The minimum absolute atomic E-state index is 1.06. The molecular formula is C11H11Br2N. The average Bonchev–Trinajstić information content (AvgIpc) is 2.54. The van der Waals surface area contributed by atoms with Gasteiger partial charge in [-0.1, -0.05) is 6.92 Å². The Kier molecular flexibility index (Phi) is 2.71. The summed E-state index contributed by atoms with van der Waals surface area (Å²) < 4.78 is 4.41. The molecule has 0 saturated carbocycles. The molecule has 3 heteroatoms. The first-order valence-electron chi connectivity index (χ1n) is 4.57. The smallest absolute Gasteiger partial charge is 0.0636 e. The van der Waals surface area contributed by atoms with Crippen molar-refractivity contribution in [2.45, 2.75) is 13.3 Å². The van der Waals surface area contributed by atoms with Crippen LogP contribution >= 0.6 is 31.9 Å². The van der Waals surface area contributed by atoms with Crippen molar-refractivity contribution in [3.05, 3.63) is 32.8 Å². The van der Waals surface area contributed by atoms with E-state index in [-0.39, 0.29) is 0 Å². The summed E-state index contributed by atoms with van der Waals surface area (Å²) in [5.74, 6) is 0. The van der Waals surface area contributed by atoms with E-state index >= 15 is 0 Å². The van der Waals surface area contributed by atoms with Gasteiger partial charge in [0.2, 0.25) is 0 Å². The van der Waals surface area contributed by atoms with Gasteiger partial charge in [0.05, 0.1) is 9.99 Å². The van der Waals surface area contributed by atoms with E-state index in [9.17, 15) is 0 Å². The first-order chi connectivity index (χ1) is 6.65. The Morgan fingerprint density at radius 1 is 1.36 bits per heavy atom. The first-order valence-corrected chi connectivity index (χ1v) is 6.15. The summed E-state index contributed by atoms with van der Waals surface area (Å²) in [5.41, 5.74) is 2.65. The number of fused-ring (bicyclic) bond motifs is 1. The van der Waals surface area contributed by atoms with E-state index in [0.29, 0.717) is 0 Å². The van der Waals surface area contributed by atoms with Crippen LogP contribution in [-0.4, -0.2) is 4.57 Å². The number of aryl methyl sites for hydroxylation is 2. The first kappa shape index (κ1) is 10.2. The van der Waals surface area contributed by atoms with Crippen LogP contribution in [0.3, 0.4) is 0 Å². The van der Waals surface area contributed by atoms with E-state index in [2.05, 4.69) is 68.7 Å². The predicted molar refractivity (Wildman–Crippen MR) is 67.7 cm³/mol. The second kappa shape index (κ2) is 3.70. The molecule has 0 bridgehead atoms. The molecule has 2 rings (SSSR count). The highest BCUT2D eigenvalue weighted by atomic mass is 79.9. The highest BCUT2D eigenvalue weighted by molar-refractivity contribution is 9.13. The fraction of sp³-hybridized carbons (Fsp3) is 0.273. The Morgan fingerprint density at radius 2 is 2.07 bits per heavy atom. The van der Waals surface area contributed by atoms with Crippen LogP contribution in [0.1, 0.15) is 12.5 Å². The molecule has 2 aromatic rings. The Balaban J connectivity index is 2.92. The standard InChI is InChI=1S/C11H11Br2N/c1-3-7-6-9(12)10(13)11-8(7)4-5-14(11)2/h4-6H,3H2,1-2H3. The van der Waals surface area contributed by atoms with Gasteiger partial charge < -0.3 is 4.57 Å². The third kappa shape index (κ3) is 1.43. The molecule has 1 heterocycles. The number of hydrogen-bond acceptors (Lipinski definition) is 0. The second-order valence-electron chi connectivity index (χ2n) is 3.37. The van der Waals surface area contributed by atoms with Crippen LogP contribution in [0.25, 0.3) is 10.9 Å².